The van der Waals surface area contributed by atoms with Gasteiger partial charge in [-0.3, -0.25) is 19.5 Å². The van der Waals surface area contributed by atoms with Gasteiger partial charge in [0, 0.05) is 28.2 Å². The molecule has 0 fully saturated rings. The number of rotatable bonds is 9. The lowest BCUT2D eigenvalue weighted by atomic mass is 9.95. The van der Waals surface area contributed by atoms with E-state index in [1.165, 1.54) is 23.8 Å². The lowest BCUT2D eigenvalue weighted by Crippen LogP contribution is -2.40. The highest BCUT2D eigenvalue weighted by Gasteiger charge is 2.35. The third-order valence-electron chi connectivity index (χ3n) is 6.66. The number of nitro groups is 1. The van der Waals surface area contributed by atoms with E-state index in [9.17, 15) is 19.7 Å². The Balaban J connectivity index is 1.64. The summed E-state index contributed by atoms with van der Waals surface area (Å²) in [5, 5.41) is 11.0. The third kappa shape index (κ3) is 5.77. The predicted octanol–water partition coefficient (Wildman–Crippen LogP) is 5.14. The molecule has 0 unspecified atom stereocenters. The van der Waals surface area contributed by atoms with Gasteiger partial charge in [-0.1, -0.05) is 27.3 Å². The van der Waals surface area contributed by atoms with Crippen molar-refractivity contribution in [1.29, 1.82) is 0 Å². The van der Waals surface area contributed by atoms with Gasteiger partial charge in [-0.15, -0.1) is 0 Å². The molecule has 1 aliphatic rings. The van der Waals surface area contributed by atoms with E-state index >= 15 is 0 Å². The number of nitrogens with zero attached hydrogens (tertiary/aromatic N) is 3. The predicted molar refractivity (Wildman–Crippen MR) is 163 cm³/mol. The topological polar surface area (TPSA) is 135 Å². The highest BCUT2D eigenvalue weighted by molar-refractivity contribution is 9.10. The quantitative estimate of drug-likeness (QED) is 0.136. The second kappa shape index (κ2) is 12.4. The van der Waals surface area contributed by atoms with Gasteiger partial charge in [0.05, 0.1) is 47.1 Å². The van der Waals surface area contributed by atoms with Crippen LogP contribution in [-0.2, 0) is 9.53 Å². The molecule has 0 saturated heterocycles. The van der Waals surface area contributed by atoms with Crippen LogP contribution in [0.4, 0.5) is 5.69 Å². The van der Waals surface area contributed by atoms with Gasteiger partial charge >= 0.3 is 5.97 Å². The Morgan fingerprint density at radius 1 is 1.16 bits per heavy atom. The number of furan rings is 1. The zero-order valence-electron chi connectivity index (χ0n) is 23.6. The van der Waals surface area contributed by atoms with Crippen molar-refractivity contribution in [1.82, 2.24) is 4.57 Å². The van der Waals surface area contributed by atoms with Gasteiger partial charge in [-0.05, 0) is 62.7 Å². The number of halogens is 1. The lowest BCUT2D eigenvalue weighted by Gasteiger charge is -2.26. The number of ether oxygens (including phenoxy) is 3. The molecular formula is C30H26BrN3O8S. The van der Waals surface area contributed by atoms with Crippen molar-refractivity contribution >= 4 is 45.0 Å². The fourth-order valence-corrected chi connectivity index (χ4v) is 6.30. The first kappa shape index (κ1) is 30.0. The second-order valence-electron chi connectivity index (χ2n) is 9.27. The van der Waals surface area contributed by atoms with Crippen LogP contribution in [0, 0.1) is 10.1 Å². The van der Waals surface area contributed by atoms with Crippen molar-refractivity contribution in [2.24, 2.45) is 4.99 Å². The molecule has 1 aliphatic heterocycles. The summed E-state index contributed by atoms with van der Waals surface area (Å²) >= 11 is 4.77. The number of fused-ring (bicyclic) bond motifs is 1. The first-order valence-corrected chi connectivity index (χ1v) is 14.8. The number of hydrogen-bond acceptors (Lipinski definition) is 10. The van der Waals surface area contributed by atoms with Crippen LogP contribution in [0.2, 0.25) is 0 Å². The zero-order valence-corrected chi connectivity index (χ0v) is 26.0. The zero-order chi connectivity index (χ0) is 30.8. The Morgan fingerprint density at radius 3 is 2.56 bits per heavy atom. The number of allylic oxidation sites excluding steroid dienone is 1. The number of carbonyl (C=O) groups is 1. The second-order valence-corrected chi connectivity index (χ2v) is 11.1. The number of methoxy groups -OCH3 is 1. The van der Waals surface area contributed by atoms with Crippen molar-refractivity contribution in [3.05, 3.63) is 105 Å². The molecule has 0 bridgehead atoms. The first-order chi connectivity index (χ1) is 20.7. The highest BCUT2D eigenvalue weighted by atomic mass is 79.9. The van der Waals surface area contributed by atoms with Crippen molar-refractivity contribution in [3.63, 3.8) is 0 Å². The van der Waals surface area contributed by atoms with Gasteiger partial charge in [0.1, 0.15) is 11.5 Å². The van der Waals surface area contributed by atoms with Gasteiger partial charge < -0.3 is 18.6 Å². The van der Waals surface area contributed by atoms with Crippen LogP contribution < -0.4 is 24.4 Å². The molecule has 222 valence electrons. The minimum Gasteiger partial charge on any atom is -0.493 e. The number of esters is 1. The minimum atomic E-state index is -0.872. The molecule has 11 nitrogen and oxygen atoms in total. The summed E-state index contributed by atoms with van der Waals surface area (Å²) < 4.78 is 25.0. The molecule has 0 saturated carbocycles. The molecule has 2 aromatic carbocycles. The summed E-state index contributed by atoms with van der Waals surface area (Å²) in [6.45, 7) is 5.85. The molecular weight excluding hydrogens is 642 g/mol. The Labute approximate surface area is 257 Å². The molecule has 1 atom stereocenters. The molecule has 0 radical (unpaired) electrons. The SMILES string of the molecule is CCOC(=O)C1=C(C)N=c2s/c(=C/c3ccc(-c4ccc([N+](=O)[O-])cc4)o3)c(=O)n2[C@@H]1c1cc(OC)c(OCC)cc1Br. The number of benzene rings is 2. The van der Waals surface area contributed by atoms with E-state index in [1.54, 1.807) is 56.3 Å². The summed E-state index contributed by atoms with van der Waals surface area (Å²) in [6.07, 6.45) is 1.60. The standard InChI is InChI=1S/C30H26BrN3O8S/c1-5-40-24-15-21(31)20(14-23(24)39-4)27-26(29(36)41-6-2)16(3)32-30-33(27)28(35)25(43-30)13-19-11-12-22(42-19)17-7-9-18(10-8-17)34(37)38/h7-15,27H,5-6H2,1-4H3/b25-13+/t27-/m1/s1. The Bertz CT molecular complexity index is 1940. The largest absolute Gasteiger partial charge is 0.493 e. The van der Waals surface area contributed by atoms with Gasteiger partial charge in [-0.2, -0.15) is 0 Å². The number of hydrogen-bond donors (Lipinski definition) is 0. The van der Waals surface area contributed by atoms with Crippen molar-refractivity contribution in [2.75, 3.05) is 20.3 Å². The van der Waals surface area contributed by atoms with Crippen LogP contribution in [0.1, 0.15) is 38.1 Å². The van der Waals surface area contributed by atoms with Gasteiger partial charge in [0.15, 0.2) is 16.3 Å². The Hall–Kier alpha value is -4.49. The highest BCUT2D eigenvalue weighted by Crippen LogP contribution is 2.41. The first-order valence-electron chi connectivity index (χ1n) is 13.2. The molecule has 2 aromatic heterocycles. The monoisotopic (exact) mass is 667 g/mol. The van der Waals surface area contributed by atoms with Crippen molar-refractivity contribution in [2.45, 2.75) is 26.8 Å². The molecule has 0 spiro atoms. The van der Waals surface area contributed by atoms with Crippen molar-refractivity contribution in [3.8, 4) is 22.8 Å². The molecule has 13 heteroatoms. The van der Waals surface area contributed by atoms with E-state index in [-0.39, 0.29) is 23.4 Å². The Morgan fingerprint density at radius 2 is 1.91 bits per heavy atom. The maximum Gasteiger partial charge on any atom is 0.338 e. The van der Waals surface area contributed by atoms with Crippen LogP contribution in [-0.4, -0.2) is 35.8 Å². The van der Waals surface area contributed by atoms with Crippen LogP contribution in [0.3, 0.4) is 0 Å². The maximum atomic E-state index is 14.0. The van der Waals surface area contributed by atoms with Crippen LogP contribution in [0.5, 0.6) is 11.5 Å². The van der Waals surface area contributed by atoms with E-state index in [0.29, 0.717) is 60.3 Å². The number of non-ortho nitro benzene ring substituents is 1. The summed E-state index contributed by atoms with van der Waals surface area (Å²) in [6, 6.07) is 12.0. The van der Waals surface area contributed by atoms with Gasteiger partial charge in [0.25, 0.3) is 11.2 Å². The average Bonchev–Trinajstić information content (AvgIpc) is 3.57. The molecule has 0 amide bonds. The van der Waals surface area contributed by atoms with E-state index in [2.05, 4.69) is 20.9 Å². The summed E-state index contributed by atoms with van der Waals surface area (Å²) in [5.74, 6) is 1.25. The minimum absolute atomic E-state index is 0.0274. The lowest BCUT2D eigenvalue weighted by molar-refractivity contribution is -0.384. The smallest absolute Gasteiger partial charge is 0.338 e. The molecule has 0 N–H and O–H groups in total. The van der Waals surface area contributed by atoms with Crippen molar-refractivity contribution < 1.29 is 28.3 Å². The van der Waals surface area contributed by atoms with E-state index in [0.717, 1.165) is 11.3 Å². The summed E-state index contributed by atoms with van der Waals surface area (Å²) in [7, 11) is 1.52. The summed E-state index contributed by atoms with van der Waals surface area (Å²) in [4.78, 5) is 42.8. The van der Waals surface area contributed by atoms with Crippen LogP contribution in [0.15, 0.2) is 78.5 Å². The van der Waals surface area contributed by atoms with Crippen LogP contribution in [0.25, 0.3) is 17.4 Å². The van der Waals surface area contributed by atoms with Gasteiger partial charge in [0.2, 0.25) is 0 Å². The maximum absolute atomic E-state index is 14.0. The Kier molecular flexibility index (Phi) is 8.64. The molecule has 43 heavy (non-hydrogen) atoms. The number of thiazole rings is 1. The number of nitro benzene ring substituents is 1. The van der Waals surface area contributed by atoms with E-state index < -0.39 is 16.9 Å². The van der Waals surface area contributed by atoms with E-state index in [1.807, 2.05) is 6.92 Å². The van der Waals surface area contributed by atoms with Crippen LogP contribution >= 0.6 is 27.3 Å². The third-order valence-corrected chi connectivity index (χ3v) is 8.33. The molecule has 4 aromatic rings. The number of aromatic nitrogens is 1. The van der Waals surface area contributed by atoms with Gasteiger partial charge in [-0.25, -0.2) is 9.79 Å². The number of carbonyl (C=O) groups excluding carboxylic acids is 1. The summed E-state index contributed by atoms with van der Waals surface area (Å²) in [5.41, 5.74) is 1.48. The normalized spacial score (nSPS) is 14.7. The molecule has 0 aliphatic carbocycles. The molecule has 5 rings (SSSR count). The average molecular weight is 669 g/mol. The fourth-order valence-electron chi connectivity index (χ4n) is 4.74. The fraction of sp³-hybridized carbons (Fsp3) is 0.233. The van der Waals surface area contributed by atoms with E-state index in [4.69, 9.17) is 18.6 Å². The molecule has 3 heterocycles.